The predicted octanol–water partition coefficient (Wildman–Crippen LogP) is 4.62. The highest BCUT2D eigenvalue weighted by molar-refractivity contribution is 7.99. The minimum absolute atomic E-state index is 0.149. The maximum absolute atomic E-state index is 12.7. The minimum Gasteiger partial charge on any atom is -0.447 e. The number of aromatic nitrogens is 3. The van der Waals surface area contributed by atoms with Crippen molar-refractivity contribution in [3.8, 4) is 17.1 Å². The first kappa shape index (κ1) is 21.7. The van der Waals surface area contributed by atoms with E-state index >= 15 is 0 Å². The summed E-state index contributed by atoms with van der Waals surface area (Å²) in [6, 6.07) is 26.8. The van der Waals surface area contributed by atoms with Crippen LogP contribution in [-0.2, 0) is 9.53 Å². The summed E-state index contributed by atoms with van der Waals surface area (Å²) in [7, 11) is 0. The third-order valence-corrected chi connectivity index (χ3v) is 6.14. The van der Waals surface area contributed by atoms with Gasteiger partial charge in [0.25, 0.3) is 0 Å². The van der Waals surface area contributed by atoms with Crippen LogP contribution in [0.3, 0.4) is 0 Å². The molecule has 170 valence electrons. The van der Waals surface area contributed by atoms with E-state index in [1.807, 2.05) is 71.3 Å². The minimum atomic E-state index is -0.381. The molecule has 1 aliphatic heterocycles. The molecule has 0 atom stereocenters. The van der Waals surface area contributed by atoms with Gasteiger partial charge in [-0.25, -0.2) is 4.79 Å². The summed E-state index contributed by atoms with van der Waals surface area (Å²) in [5.74, 6) is 0.672. The highest BCUT2D eigenvalue weighted by Gasteiger charge is 2.24. The summed E-state index contributed by atoms with van der Waals surface area (Å²) >= 11 is 1.31. The molecule has 0 bridgehead atoms. The van der Waals surface area contributed by atoms with Crippen LogP contribution in [-0.4, -0.2) is 45.7 Å². The van der Waals surface area contributed by atoms with Crippen LogP contribution in [0.2, 0.25) is 0 Å². The standard InChI is InChI=1S/C25H21N5O3S/c31-22(26-19-10-7-13-21(16-19)29-14-15-33-25(29)32)17-34-24-28-27-23(18-8-3-1-4-9-18)30(24)20-11-5-2-6-12-20/h1-13,16H,14-15,17H2,(H,26,31). The van der Waals surface area contributed by atoms with Crippen LogP contribution >= 0.6 is 11.8 Å². The molecule has 1 aliphatic rings. The first-order chi connectivity index (χ1) is 16.7. The number of benzene rings is 3. The molecule has 1 aromatic heterocycles. The fourth-order valence-electron chi connectivity index (χ4n) is 3.65. The fourth-order valence-corrected chi connectivity index (χ4v) is 4.41. The number of carbonyl (C=O) groups is 2. The maximum Gasteiger partial charge on any atom is 0.414 e. The average molecular weight is 472 g/mol. The summed E-state index contributed by atoms with van der Waals surface area (Å²) < 4.78 is 6.94. The zero-order valence-electron chi connectivity index (χ0n) is 18.1. The lowest BCUT2D eigenvalue weighted by Crippen LogP contribution is -2.23. The Morgan fingerprint density at radius 3 is 2.41 bits per heavy atom. The number of para-hydroxylation sites is 1. The summed E-state index contributed by atoms with van der Waals surface area (Å²) in [4.78, 5) is 26.1. The molecule has 2 heterocycles. The van der Waals surface area contributed by atoms with E-state index < -0.39 is 0 Å². The van der Waals surface area contributed by atoms with E-state index in [1.165, 1.54) is 16.7 Å². The molecular formula is C25H21N5O3S. The normalized spacial score (nSPS) is 13.1. The summed E-state index contributed by atoms with van der Waals surface area (Å²) in [5.41, 5.74) is 3.15. The molecule has 0 unspecified atom stereocenters. The van der Waals surface area contributed by atoms with Gasteiger partial charge in [-0.2, -0.15) is 0 Å². The molecular weight excluding hydrogens is 450 g/mol. The molecule has 0 aliphatic carbocycles. The van der Waals surface area contributed by atoms with Gasteiger partial charge in [-0.15, -0.1) is 10.2 Å². The van der Waals surface area contributed by atoms with Crippen LogP contribution in [0.1, 0.15) is 0 Å². The van der Waals surface area contributed by atoms with Crippen molar-refractivity contribution in [3.63, 3.8) is 0 Å². The number of amides is 2. The third kappa shape index (κ3) is 4.65. The largest absolute Gasteiger partial charge is 0.447 e. The molecule has 3 aromatic carbocycles. The smallest absolute Gasteiger partial charge is 0.414 e. The number of nitrogens with one attached hydrogen (secondary N) is 1. The molecule has 4 aromatic rings. The molecule has 0 saturated carbocycles. The Morgan fingerprint density at radius 2 is 1.68 bits per heavy atom. The van der Waals surface area contributed by atoms with Crippen LogP contribution in [0.25, 0.3) is 17.1 Å². The Hall–Kier alpha value is -4.11. The van der Waals surface area contributed by atoms with Gasteiger partial charge >= 0.3 is 6.09 Å². The van der Waals surface area contributed by atoms with Crippen molar-refractivity contribution in [3.05, 3.63) is 84.9 Å². The fraction of sp³-hybridized carbons (Fsp3) is 0.120. The molecule has 2 amide bonds. The number of hydrogen-bond donors (Lipinski definition) is 1. The summed E-state index contributed by atoms with van der Waals surface area (Å²) in [6.45, 7) is 0.851. The number of anilines is 2. The highest BCUT2D eigenvalue weighted by Crippen LogP contribution is 2.28. The summed E-state index contributed by atoms with van der Waals surface area (Å²) in [6.07, 6.45) is -0.381. The number of carbonyl (C=O) groups excluding carboxylic acids is 2. The average Bonchev–Trinajstić information content (AvgIpc) is 3.50. The Kier molecular flexibility index (Phi) is 6.26. The number of nitrogens with zero attached hydrogens (tertiary/aromatic N) is 4. The van der Waals surface area contributed by atoms with E-state index in [0.717, 1.165) is 11.3 Å². The van der Waals surface area contributed by atoms with Crippen molar-refractivity contribution in [1.29, 1.82) is 0 Å². The lowest BCUT2D eigenvalue weighted by molar-refractivity contribution is -0.113. The summed E-state index contributed by atoms with van der Waals surface area (Å²) in [5, 5.41) is 12.3. The van der Waals surface area contributed by atoms with E-state index in [2.05, 4.69) is 15.5 Å². The van der Waals surface area contributed by atoms with Crippen molar-refractivity contribution in [1.82, 2.24) is 14.8 Å². The molecule has 9 heteroatoms. The van der Waals surface area contributed by atoms with Gasteiger partial charge in [0.1, 0.15) is 6.61 Å². The third-order valence-electron chi connectivity index (χ3n) is 5.21. The zero-order chi connectivity index (χ0) is 23.3. The Morgan fingerprint density at radius 1 is 0.941 bits per heavy atom. The van der Waals surface area contributed by atoms with Crippen molar-refractivity contribution < 1.29 is 14.3 Å². The van der Waals surface area contributed by atoms with Gasteiger partial charge in [-0.3, -0.25) is 14.3 Å². The van der Waals surface area contributed by atoms with Crippen LogP contribution in [0.15, 0.2) is 90.1 Å². The first-order valence-electron chi connectivity index (χ1n) is 10.7. The molecule has 34 heavy (non-hydrogen) atoms. The monoisotopic (exact) mass is 471 g/mol. The van der Waals surface area contributed by atoms with E-state index in [-0.39, 0.29) is 17.8 Å². The van der Waals surface area contributed by atoms with Crippen molar-refractivity contribution in [2.24, 2.45) is 0 Å². The second-order valence-electron chi connectivity index (χ2n) is 7.50. The van der Waals surface area contributed by atoms with Crippen LogP contribution in [0, 0.1) is 0 Å². The molecule has 0 spiro atoms. The van der Waals surface area contributed by atoms with E-state index in [4.69, 9.17) is 4.74 Å². The van der Waals surface area contributed by atoms with E-state index in [9.17, 15) is 9.59 Å². The second kappa shape index (κ2) is 9.80. The second-order valence-corrected chi connectivity index (χ2v) is 8.44. The number of thioether (sulfide) groups is 1. The number of cyclic esters (lactones) is 1. The SMILES string of the molecule is O=C(CSc1nnc(-c2ccccc2)n1-c1ccccc1)Nc1cccc(N2CCOC2=O)c1. The molecule has 0 radical (unpaired) electrons. The lowest BCUT2D eigenvalue weighted by atomic mass is 10.2. The number of ether oxygens (including phenoxy) is 1. The first-order valence-corrected chi connectivity index (χ1v) is 11.7. The number of rotatable bonds is 7. The van der Waals surface area contributed by atoms with Crippen molar-refractivity contribution in [2.75, 3.05) is 29.1 Å². The molecule has 1 saturated heterocycles. The molecule has 1 N–H and O–H groups in total. The highest BCUT2D eigenvalue weighted by atomic mass is 32.2. The molecule has 5 rings (SSSR count). The van der Waals surface area contributed by atoms with Gasteiger partial charge in [0, 0.05) is 22.6 Å². The quantitative estimate of drug-likeness (QED) is 0.396. The topological polar surface area (TPSA) is 89.3 Å². The number of hydrogen-bond acceptors (Lipinski definition) is 6. The Labute approximate surface area is 200 Å². The van der Waals surface area contributed by atoms with Crippen LogP contribution in [0.4, 0.5) is 16.2 Å². The van der Waals surface area contributed by atoms with Crippen LogP contribution in [0.5, 0.6) is 0 Å². The van der Waals surface area contributed by atoms with Gasteiger partial charge in [0.15, 0.2) is 11.0 Å². The van der Waals surface area contributed by atoms with E-state index in [0.29, 0.717) is 35.5 Å². The molecule has 1 fully saturated rings. The van der Waals surface area contributed by atoms with E-state index in [1.54, 1.807) is 18.2 Å². The Balaban J connectivity index is 1.32. The van der Waals surface area contributed by atoms with Gasteiger partial charge in [0.2, 0.25) is 5.91 Å². The van der Waals surface area contributed by atoms with Gasteiger partial charge in [-0.05, 0) is 30.3 Å². The van der Waals surface area contributed by atoms with Gasteiger partial charge < -0.3 is 10.1 Å². The molecule has 8 nitrogen and oxygen atoms in total. The van der Waals surface area contributed by atoms with Crippen LogP contribution < -0.4 is 10.2 Å². The van der Waals surface area contributed by atoms with Crippen molar-refractivity contribution in [2.45, 2.75) is 5.16 Å². The van der Waals surface area contributed by atoms with Crippen molar-refractivity contribution >= 4 is 35.1 Å². The maximum atomic E-state index is 12.7. The predicted molar refractivity (Wildman–Crippen MR) is 131 cm³/mol. The zero-order valence-corrected chi connectivity index (χ0v) is 18.9. The Bertz CT molecular complexity index is 1310. The van der Waals surface area contributed by atoms with Gasteiger partial charge in [-0.1, -0.05) is 66.4 Å². The lowest BCUT2D eigenvalue weighted by Gasteiger charge is -2.14. The van der Waals surface area contributed by atoms with Gasteiger partial charge in [0.05, 0.1) is 12.3 Å².